The molecule has 7 heteroatoms. The molecule has 3 N–H and O–H groups in total. The minimum atomic E-state index is -1.29. The maximum absolute atomic E-state index is 12.5. The second kappa shape index (κ2) is 8.57. The third-order valence-corrected chi connectivity index (χ3v) is 5.65. The van der Waals surface area contributed by atoms with Gasteiger partial charge in [0.1, 0.15) is 18.2 Å². The molecule has 0 heterocycles. The second-order valence-corrected chi connectivity index (χ2v) is 7.67. The van der Waals surface area contributed by atoms with Crippen LogP contribution in [0, 0.1) is 0 Å². The lowest BCUT2D eigenvalue weighted by molar-refractivity contribution is -0.142. The zero-order valence-corrected chi connectivity index (χ0v) is 17.3. The van der Waals surface area contributed by atoms with Crippen LogP contribution in [0.1, 0.15) is 44.2 Å². The van der Waals surface area contributed by atoms with Gasteiger partial charge < -0.3 is 20.5 Å². The fourth-order valence-corrected chi connectivity index (χ4v) is 3.58. The van der Waals surface area contributed by atoms with E-state index in [-0.39, 0.29) is 18.9 Å². The summed E-state index contributed by atoms with van der Waals surface area (Å²) in [6.07, 6.45) is -0.450. The summed E-state index contributed by atoms with van der Waals surface area (Å²) in [6.45, 7) is 4.77. The van der Waals surface area contributed by atoms with E-state index in [9.17, 15) is 14.4 Å². The summed E-state index contributed by atoms with van der Waals surface area (Å²) < 4.78 is 5.49. The lowest BCUT2D eigenvalue weighted by atomic mass is 9.97. The van der Waals surface area contributed by atoms with Crippen LogP contribution in [-0.4, -0.2) is 41.3 Å². The summed E-state index contributed by atoms with van der Waals surface area (Å²) in [7, 11) is 0. The maximum atomic E-state index is 12.5. The van der Waals surface area contributed by atoms with Crippen LogP contribution in [0.5, 0.6) is 0 Å². The molecular weight excluding hydrogens is 384 g/mol. The van der Waals surface area contributed by atoms with Gasteiger partial charge in [-0.2, -0.15) is 0 Å². The van der Waals surface area contributed by atoms with Crippen LogP contribution < -0.4 is 10.6 Å². The van der Waals surface area contributed by atoms with Crippen LogP contribution in [-0.2, 0) is 14.3 Å². The Kier molecular flexibility index (Phi) is 6.10. The third kappa shape index (κ3) is 4.15. The van der Waals surface area contributed by atoms with Crippen molar-refractivity contribution in [3.63, 3.8) is 0 Å². The summed E-state index contributed by atoms with van der Waals surface area (Å²) in [6, 6.07) is 15.0. The molecule has 0 saturated heterocycles. The minimum Gasteiger partial charge on any atom is -0.480 e. The van der Waals surface area contributed by atoms with Gasteiger partial charge in [-0.25, -0.2) is 4.79 Å². The van der Waals surface area contributed by atoms with Crippen molar-refractivity contribution in [3.05, 3.63) is 59.7 Å². The molecule has 7 nitrogen and oxygen atoms in total. The van der Waals surface area contributed by atoms with Gasteiger partial charge in [0.2, 0.25) is 5.91 Å². The molecule has 3 rings (SSSR count). The van der Waals surface area contributed by atoms with E-state index in [0.29, 0.717) is 0 Å². The molecule has 2 atom stereocenters. The number of amides is 2. The van der Waals surface area contributed by atoms with Crippen molar-refractivity contribution in [2.24, 2.45) is 0 Å². The third-order valence-electron chi connectivity index (χ3n) is 5.65. The Hall–Kier alpha value is -3.35. The molecule has 0 spiro atoms. The van der Waals surface area contributed by atoms with Gasteiger partial charge >= 0.3 is 12.1 Å². The summed E-state index contributed by atoms with van der Waals surface area (Å²) in [5.41, 5.74) is 3.16. The number of aliphatic carboxylic acids is 1. The molecule has 0 aliphatic heterocycles. The van der Waals surface area contributed by atoms with E-state index >= 15 is 0 Å². The van der Waals surface area contributed by atoms with E-state index < -0.39 is 29.6 Å². The normalized spacial score (nSPS) is 15.3. The van der Waals surface area contributed by atoms with Gasteiger partial charge in [0, 0.05) is 5.92 Å². The van der Waals surface area contributed by atoms with Crippen LogP contribution in [0.25, 0.3) is 11.1 Å². The average molecular weight is 410 g/mol. The standard InChI is InChI=1S/C23H26N2O5/c1-4-23(3,21(28)24-14(2)20(26)27)25-22(29)30-13-19-17-11-7-5-9-15(17)16-10-6-8-12-18(16)19/h5-12,14,19H,4,13H2,1-3H3,(H,24,28)(H,25,29)(H,26,27)/t14-,23?/m1/s1. The molecule has 0 aromatic heterocycles. The smallest absolute Gasteiger partial charge is 0.408 e. The zero-order chi connectivity index (χ0) is 21.9. The van der Waals surface area contributed by atoms with Crippen LogP contribution in [0.3, 0.4) is 0 Å². The van der Waals surface area contributed by atoms with E-state index in [1.165, 1.54) is 6.92 Å². The lowest BCUT2D eigenvalue weighted by Gasteiger charge is -2.29. The number of alkyl carbamates (subject to hydrolysis) is 1. The van der Waals surface area contributed by atoms with E-state index in [1.54, 1.807) is 13.8 Å². The molecule has 158 valence electrons. The SMILES string of the molecule is CCC(C)(NC(=O)OCC1c2ccccc2-c2ccccc21)C(=O)N[C@H](C)C(=O)O. The first-order chi connectivity index (χ1) is 14.3. The highest BCUT2D eigenvalue weighted by Crippen LogP contribution is 2.44. The minimum absolute atomic E-state index is 0.0862. The number of carboxylic acids is 1. The quantitative estimate of drug-likeness (QED) is 0.650. The van der Waals surface area contributed by atoms with Crippen LogP contribution in [0.15, 0.2) is 48.5 Å². The molecule has 1 unspecified atom stereocenters. The van der Waals surface area contributed by atoms with Gasteiger partial charge in [0.15, 0.2) is 0 Å². The highest BCUT2D eigenvalue weighted by atomic mass is 16.5. The van der Waals surface area contributed by atoms with Crippen molar-refractivity contribution in [3.8, 4) is 11.1 Å². The van der Waals surface area contributed by atoms with Crippen LogP contribution in [0.2, 0.25) is 0 Å². The number of nitrogens with one attached hydrogen (secondary N) is 2. The average Bonchev–Trinajstić information content (AvgIpc) is 3.05. The predicted octanol–water partition coefficient (Wildman–Crippen LogP) is 3.28. The first-order valence-corrected chi connectivity index (χ1v) is 9.93. The monoisotopic (exact) mass is 410 g/mol. The van der Waals surface area contributed by atoms with E-state index in [0.717, 1.165) is 22.3 Å². The number of ether oxygens (including phenoxy) is 1. The molecule has 2 amide bonds. The van der Waals surface area contributed by atoms with Gasteiger partial charge in [-0.05, 0) is 42.5 Å². The molecule has 0 bridgehead atoms. The summed E-state index contributed by atoms with van der Waals surface area (Å²) in [5.74, 6) is -1.81. The summed E-state index contributed by atoms with van der Waals surface area (Å²) in [5, 5.41) is 14.0. The summed E-state index contributed by atoms with van der Waals surface area (Å²) >= 11 is 0. The van der Waals surface area contributed by atoms with E-state index in [1.807, 2.05) is 36.4 Å². The molecule has 1 aliphatic carbocycles. The first-order valence-electron chi connectivity index (χ1n) is 9.93. The van der Waals surface area contributed by atoms with E-state index in [4.69, 9.17) is 9.84 Å². The number of carbonyl (C=O) groups is 3. The Bertz CT molecular complexity index is 928. The molecule has 0 saturated carbocycles. The van der Waals surface area contributed by atoms with Crippen LogP contribution >= 0.6 is 0 Å². The molecule has 2 aromatic rings. The van der Waals surface area contributed by atoms with Crippen molar-refractivity contribution in [2.45, 2.75) is 44.7 Å². The second-order valence-electron chi connectivity index (χ2n) is 7.67. The Morgan fingerprint density at radius 3 is 2.10 bits per heavy atom. The van der Waals surface area contributed by atoms with Crippen LogP contribution in [0.4, 0.5) is 4.79 Å². The first kappa shape index (κ1) is 21.4. The number of carbonyl (C=O) groups excluding carboxylic acids is 2. The van der Waals surface area contributed by atoms with Crippen molar-refractivity contribution in [1.82, 2.24) is 10.6 Å². The number of hydrogen-bond donors (Lipinski definition) is 3. The number of benzene rings is 2. The molecular formula is C23H26N2O5. The Labute approximate surface area is 175 Å². The molecule has 1 aliphatic rings. The number of fused-ring (bicyclic) bond motifs is 3. The maximum Gasteiger partial charge on any atom is 0.408 e. The molecule has 30 heavy (non-hydrogen) atoms. The number of hydrogen-bond acceptors (Lipinski definition) is 4. The van der Waals surface area contributed by atoms with Gasteiger partial charge in [-0.15, -0.1) is 0 Å². The van der Waals surface area contributed by atoms with Crippen molar-refractivity contribution < 1.29 is 24.2 Å². The number of carboxylic acid groups (broad SMARTS) is 1. The van der Waals surface area contributed by atoms with E-state index in [2.05, 4.69) is 22.8 Å². The molecule has 2 aromatic carbocycles. The molecule has 0 radical (unpaired) electrons. The molecule has 0 fully saturated rings. The Balaban J connectivity index is 1.68. The van der Waals surface area contributed by atoms with Crippen molar-refractivity contribution in [1.29, 1.82) is 0 Å². The van der Waals surface area contributed by atoms with Gasteiger partial charge in [-0.3, -0.25) is 9.59 Å². The highest BCUT2D eigenvalue weighted by molar-refractivity contribution is 5.92. The lowest BCUT2D eigenvalue weighted by Crippen LogP contribution is -2.58. The highest BCUT2D eigenvalue weighted by Gasteiger charge is 2.36. The predicted molar refractivity (Wildman–Crippen MR) is 112 cm³/mol. The number of rotatable bonds is 7. The van der Waals surface area contributed by atoms with Gasteiger partial charge in [0.05, 0.1) is 0 Å². The van der Waals surface area contributed by atoms with Crippen molar-refractivity contribution >= 4 is 18.0 Å². The zero-order valence-electron chi connectivity index (χ0n) is 17.3. The van der Waals surface area contributed by atoms with Crippen molar-refractivity contribution in [2.75, 3.05) is 6.61 Å². The largest absolute Gasteiger partial charge is 0.480 e. The fourth-order valence-electron chi connectivity index (χ4n) is 3.58. The topological polar surface area (TPSA) is 105 Å². The van der Waals surface area contributed by atoms with Gasteiger partial charge in [0.25, 0.3) is 0 Å². The Morgan fingerprint density at radius 2 is 1.60 bits per heavy atom. The van der Waals surface area contributed by atoms with Gasteiger partial charge in [-0.1, -0.05) is 55.5 Å². The fraction of sp³-hybridized carbons (Fsp3) is 0.348. The Morgan fingerprint density at radius 1 is 1.07 bits per heavy atom. The summed E-state index contributed by atoms with van der Waals surface area (Å²) in [4.78, 5) is 36.0.